The Morgan fingerprint density at radius 1 is 1.34 bits per heavy atom. The summed E-state index contributed by atoms with van der Waals surface area (Å²) >= 11 is 1.61. The minimum atomic E-state index is -1.50. The average Bonchev–Trinajstić information content (AvgIpc) is 3.18. The Hall–Kier alpha value is -1.84. The Bertz CT molecular complexity index is 889. The molecule has 0 spiro atoms. The van der Waals surface area contributed by atoms with Gasteiger partial charge in [0, 0.05) is 0 Å². The molecule has 1 aliphatic heterocycles. The molecule has 0 unspecified atom stereocenters. The van der Waals surface area contributed by atoms with Gasteiger partial charge in [0.1, 0.15) is 0 Å². The summed E-state index contributed by atoms with van der Waals surface area (Å²) in [6.45, 7) is 5.84. The molecule has 3 N–H and O–H groups in total. The second-order valence-electron chi connectivity index (χ2n) is 6.08. The summed E-state index contributed by atoms with van der Waals surface area (Å²) in [5.74, 6) is -0.174. The molecular weight excluding hydrogens is 564 g/mol. The molecule has 1 saturated heterocycles. The zero-order valence-corrected chi connectivity index (χ0v) is 19.1. The number of halogens is 3. The number of urea groups is 1. The van der Waals surface area contributed by atoms with Gasteiger partial charge in [-0.15, -0.1) is 0 Å². The molecule has 0 saturated carbocycles. The number of carbonyl (C=O) groups excluding carboxylic acids is 1. The van der Waals surface area contributed by atoms with E-state index < -0.39 is 27.7 Å². The van der Waals surface area contributed by atoms with Gasteiger partial charge in [0.05, 0.1) is 0 Å². The first kappa shape index (κ1) is 21.9. The fourth-order valence-corrected chi connectivity index (χ4v) is 3.69. The van der Waals surface area contributed by atoms with Crippen molar-refractivity contribution in [2.75, 3.05) is 43.4 Å². The van der Waals surface area contributed by atoms with Crippen LogP contribution < -0.4 is 32.5 Å². The third-order valence-electron chi connectivity index (χ3n) is 4.35. The number of piperazine rings is 1. The fraction of sp³-hybridized carbons (Fsp3) is 0.375. The zero-order valence-electron chi connectivity index (χ0n) is 15.4. The predicted molar refractivity (Wildman–Crippen MR) is 103 cm³/mol. The van der Waals surface area contributed by atoms with Gasteiger partial charge in [-0.2, -0.15) is 0 Å². The zero-order chi connectivity index (χ0) is 20.8. The number of hydrogen-bond donors (Lipinski definition) is 3. The molecule has 1 fully saturated rings. The summed E-state index contributed by atoms with van der Waals surface area (Å²) in [6.07, 6.45) is 0. The molecule has 3 rings (SSSR count). The summed E-state index contributed by atoms with van der Waals surface area (Å²) < 4.78 is 31.9. The number of amidine groups is 1. The molecule has 0 atom stereocenters. The third kappa shape index (κ3) is 5.61. The SMILES string of the molecule is CCN1CCN(C(=O)Nc2nonc2C(=N[I-]O)Nc2ccc(F)c(Br)c2)CC1. The Balaban J connectivity index is 1.73. The van der Waals surface area contributed by atoms with Crippen molar-refractivity contribution in [2.45, 2.75) is 6.92 Å². The van der Waals surface area contributed by atoms with Crippen molar-refractivity contribution in [3.63, 3.8) is 0 Å². The Labute approximate surface area is 185 Å². The fourth-order valence-electron chi connectivity index (χ4n) is 2.74. The number of hydrogen-bond acceptors (Lipinski definition) is 7. The maximum absolute atomic E-state index is 13.5. The standard InChI is InChI=1S/C16H19BrFIN7O3/c1-2-25-5-7-26(8-6-25)16(27)21-15-13(23-29-24-15)14(22-19-28)20-10-3-4-12(18)11(17)9-10/h3-4,9,28H,2,5-8H2,1H3,(H,20,22)(H,21,24,27)/q-1. The van der Waals surface area contributed by atoms with E-state index in [9.17, 15) is 12.6 Å². The molecule has 2 amide bonds. The van der Waals surface area contributed by atoms with E-state index in [1.165, 1.54) is 18.2 Å². The van der Waals surface area contributed by atoms with Crippen LogP contribution in [0, 0.1) is 5.82 Å². The van der Waals surface area contributed by atoms with E-state index in [0.29, 0.717) is 18.8 Å². The molecule has 1 aromatic carbocycles. The predicted octanol–water partition coefficient (Wildman–Crippen LogP) is -1.09. The van der Waals surface area contributed by atoms with Gasteiger partial charge < -0.3 is 0 Å². The van der Waals surface area contributed by atoms with Crippen molar-refractivity contribution >= 4 is 39.3 Å². The molecule has 1 aromatic heterocycles. The molecule has 2 heterocycles. The molecule has 13 heteroatoms. The number of aromatic nitrogens is 2. The van der Waals surface area contributed by atoms with Crippen molar-refractivity contribution in [2.24, 2.45) is 3.21 Å². The molecule has 0 radical (unpaired) electrons. The molecule has 10 nitrogen and oxygen atoms in total. The minimum absolute atomic E-state index is 0.0813. The molecular formula is C16H19BrFIN7O3-. The number of carbonyl (C=O) groups is 1. The van der Waals surface area contributed by atoms with E-state index in [1.807, 2.05) is 0 Å². The molecule has 2 aromatic rings. The van der Waals surface area contributed by atoms with E-state index in [0.717, 1.165) is 19.6 Å². The van der Waals surface area contributed by atoms with E-state index in [4.69, 9.17) is 4.63 Å². The van der Waals surface area contributed by atoms with Gasteiger partial charge in [-0.3, -0.25) is 0 Å². The van der Waals surface area contributed by atoms with Crippen molar-refractivity contribution in [3.05, 3.63) is 34.2 Å². The Kier molecular flexibility index (Phi) is 7.74. The van der Waals surface area contributed by atoms with Gasteiger partial charge in [0.15, 0.2) is 0 Å². The van der Waals surface area contributed by atoms with Crippen LogP contribution in [-0.2, 0) is 0 Å². The quantitative estimate of drug-likeness (QED) is 0.233. The van der Waals surface area contributed by atoms with Crippen LogP contribution in [0.2, 0.25) is 0 Å². The second-order valence-corrected chi connectivity index (χ2v) is 7.84. The number of likely N-dealkylation sites (N-methyl/N-ethyl adjacent to an activating group) is 1. The van der Waals surface area contributed by atoms with Gasteiger partial charge in [0.2, 0.25) is 0 Å². The number of nitrogens with zero attached hydrogens (tertiary/aromatic N) is 5. The average molecular weight is 583 g/mol. The first-order chi connectivity index (χ1) is 14.0. The molecule has 0 bridgehead atoms. The van der Waals surface area contributed by atoms with Gasteiger partial charge in [0.25, 0.3) is 0 Å². The number of amides is 2. The first-order valence-corrected chi connectivity index (χ1v) is 11.4. The van der Waals surface area contributed by atoms with Crippen LogP contribution in [-0.4, -0.2) is 68.1 Å². The summed E-state index contributed by atoms with van der Waals surface area (Å²) in [5, 5.41) is 13.2. The molecule has 29 heavy (non-hydrogen) atoms. The number of benzene rings is 1. The Morgan fingerprint density at radius 3 is 2.76 bits per heavy atom. The van der Waals surface area contributed by atoms with Gasteiger partial charge in [-0.05, 0) is 0 Å². The van der Waals surface area contributed by atoms with E-state index in [-0.39, 0.29) is 27.9 Å². The van der Waals surface area contributed by atoms with Crippen molar-refractivity contribution in [1.29, 1.82) is 0 Å². The van der Waals surface area contributed by atoms with Crippen LogP contribution in [0.5, 0.6) is 0 Å². The molecule has 1 aliphatic rings. The number of anilines is 2. The summed E-state index contributed by atoms with van der Waals surface area (Å²) in [4.78, 5) is 16.5. The van der Waals surface area contributed by atoms with Crippen molar-refractivity contribution in [1.82, 2.24) is 20.1 Å². The van der Waals surface area contributed by atoms with Gasteiger partial charge in [-0.25, -0.2) is 0 Å². The topological polar surface area (TPSA) is 119 Å². The van der Waals surface area contributed by atoms with Crippen LogP contribution in [0.15, 0.2) is 30.5 Å². The van der Waals surface area contributed by atoms with E-state index >= 15 is 0 Å². The number of nitrogens with one attached hydrogen (secondary N) is 2. The van der Waals surface area contributed by atoms with E-state index in [2.05, 4.69) is 51.9 Å². The number of rotatable bonds is 5. The first-order valence-electron chi connectivity index (χ1n) is 8.71. The summed E-state index contributed by atoms with van der Waals surface area (Å²) in [7, 11) is 0. The van der Waals surface area contributed by atoms with Crippen LogP contribution in [0.1, 0.15) is 12.6 Å². The Morgan fingerprint density at radius 2 is 2.10 bits per heavy atom. The monoisotopic (exact) mass is 582 g/mol. The normalized spacial score (nSPS) is 15.6. The molecule has 0 aliphatic carbocycles. The summed E-state index contributed by atoms with van der Waals surface area (Å²) in [5.41, 5.74) is 0.644. The van der Waals surface area contributed by atoms with E-state index in [1.54, 1.807) is 4.90 Å². The molecule has 158 valence electrons. The van der Waals surface area contributed by atoms with Gasteiger partial charge in [-0.1, -0.05) is 0 Å². The second kappa shape index (κ2) is 10.3. The van der Waals surface area contributed by atoms with Gasteiger partial charge >= 0.3 is 186 Å². The van der Waals surface area contributed by atoms with Crippen molar-refractivity contribution < 1.29 is 39.1 Å². The maximum atomic E-state index is 13.5. The van der Waals surface area contributed by atoms with Crippen LogP contribution in [0.25, 0.3) is 0 Å². The van der Waals surface area contributed by atoms with Crippen LogP contribution >= 0.6 is 15.9 Å². The van der Waals surface area contributed by atoms with Crippen molar-refractivity contribution in [3.8, 4) is 0 Å². The summed E-state index contributed by atoms with van der Waals surface area (Å²) in [6, 6.07) is 3.97. The van der Waals surface area contributed by atoms with Crippen LogP contribution in [0.3, 0.4) is 0 Å². The third-order valence-corrected chi connectivity index (χ3v) is 5.66. The van der Waals surface area contributed by atoms with Crippen LogP contribution in [0.4, 0.5) is 20.7 Å².